The van der Waals surface area contributed by atoms with Gasteiger partial charge in [0.15, 0.2) is 0 Å². The maximum atomic E-state index is 6.44. The predicted octanol–water partition coefficient (Wildman–Crippen LogP) is 25.1. The molecule has 2 aromatic heterocycles. The fraction of sp³-hybridized carbons (Fsp3) is 0.136. The summed E-state index contributed by atoms with van der Waals surface area (Å²) in [5, 5.41) is 13.8. The highest BCUT2D eigenvalue weighted by molar-refractivity contribution is 6.25. The van der Waals surface area contributed by atoms with Crippen LogP contribution in [0.3, 0.4) is 0 Å². The van der Waals surface area contributed by atoms with E-state index in [4.69, 9.17) is 9.97 Å². The van der Waals surface area contributed by atoms with Crippen molar-refractivity contribution in [3.05, 3.63) is 265 Å². The SMILES string of the molecule is CC(C)c1ccccc1-c1c2nc(c(-c3ccccc3C(C)C)c3[nH]c(c(-c4ccccc4C(C)C)c4nc(c(-c5ccccc5C(C)C)c5[nH]c1c1cc6ccccc6cc51)-c1cc5ccccc5cc1-4)c1cc4ccccc4cc31)-c1cc3ccccc3cc1-2. The van der Waals surface area contributed by atoms with Gasteiger partial charge in [0.25, 0.3) is 0 Å². The van der Waals surface area contributed by atoms with Gasteiger partial charge in [-0.05, 0) is 160 Å². The molecule has 1 aliphatic carbocycles. The molecule has 4 heterocycles. The Kier molecular flexibility index (Phi) is 12.9. The number of hydrogen-bond acceptors (Lipinski definition) is 2. The molecule has 0 saturated heterocycles. The van der Waals surface area contributed by atoms with Crippen molar-refractivity contribution in [3.8, 4) is 89.5 Å². The molecule has 0 spiro atoms. The van der Waals surface area contributed by atoms with E-state index < -0.39 is 0 Å². The Morgan fingerprint density at radius 3 is 0.609 bits per heavy atom. The van der Waals surface area contributed by atoms with Crippen LogP contribution in [-0.4, -0.2) is 19.9 Å². The van der Waals surface area contributed by atoms with Crippen LogP contribution in [0.5, 0.6) is 0 Å². The summed E-state index contributed by atoms with van der Waals surface area (Å²) in [7, 11) is 0. The Morgan fingerprint density at radius 1 is 0.217 bits per heavy atom. The van der Waals surface area contributed by atoms with Gasteiger partial charge >= 0.3 is 0 Å². The van der Waals surface area contributed by atoms with Crippen LogP contribution < -0.4 is 0 Å². The van der Waals surface area contributed by atoms with Crippen molar-refractivity contribution in [3.63, 3.8) is 0 Å². The zero-order valence-electron chi connectivity index (χ0n) is 53.3. The molecule has 3 aliphatic rings. The first-order valence-electron chi connectivity index (χ1n) is 32.9. The van der Waals surface area contributed by atoms with Crippen molar-refractivity contribution in [2.24, 2.45) is 0 Å². The van der Waals surface area contributed by atoms with Gasteiger partial charge in [0, 0.05) is 66.1 Å². The van der Waals surface area contributed by atoms with Crippen LogP contribution in [0.2, 0.25) is 0 Å². The van der Waals surface area contributed by atoms with Crippen LogP contribution in [0.15, 0.2) is 243 Å². The summed E-state index contributed by atoms with van der Waals surface area (Å²) in [5.41, 5.74) is 26.0. The first-order valence-corrected chi connectivity index (χ1v) is 32.9. The molecule has 2 N–H and O–H groups in total. The first kappa shape index (κ1) is 55.4. The van der Waals surface area contributed by atoms with Gasteiger partial charge in [0.1, 0.15) is 0 Å². The van der Waals surface area contributed by atoms with Crippen molar-refractivity contribution in [2.45, 2.75) is 79.1 Å². The molecular formula is C88H70N4. The van der Waals surface area contributed by atoms with Gasteiger partial charge < -0.3 is 9.97 Å². The maximum absolute atomic E-state index is 6.44. The number of nitrogens with zero attached hydrogens (tertiary/aromatic N) is 2. The van der Waals surface area contributed by atoms with Gasteiger partial charge in [-0.3, -0.25) is 0 Å². The first-order chi connectivity index (χ1) is 44.9. The minimum atomic E-state index is 0.181. The van der Waals surface area contributed by atoms with E-state index in [9.17, 15) is 0 Å². The maximum Gasteiger partial charge on any atom is 0.0816 e. The zero-order chi connectivity index (χ0) is 62.2. The number of hydrogen-bond donors (Lipinski definition) is 2. The lowest BCUT2D eigenvalue weighted by Crippen LogP contribution is -1.96. The summed E-state index contributed by atoms with van der Waals surface area (Å²) in [5.74, 6) is 0.723. The van der Waals surface area contributed by atoms with E-state index in [0.717, 1.165) is 155 Å². The fourth-order valence-corrected chi connectivity index (χ4v) is 15.5. The highest BCUT2D eigenvalue weighted by atomic mass is 14.8. The molecule has 0 saturated carbocycles. The van der Waals surface area contributed by atoms with Crippen LogP contribution >= 0.6 is 0 Å². The lowest BCUT2D eigenvalue weighted by molar-refractivity contribution is 0.869. The van der Waals surface area contributed by atoms with Crippen molar-refractivity contribution in [1.82, 2.24) is 19.9 Å². The van der Waals surface area contributed by atoms with Crippen LogP contribution in [0, 0.1) is 0 Å². The smallest absolute Gasteiger partial charge is 0.0816 e. The van der Waals surface area contributed by atoms with Crippen LogP contribution in [-0.2, 0) is 0 Å². The minimum absolute atomic E-state index is 0.181. The molecule has 92 heavy (non-hydrogen) atoms. The molecule has 0 unspecified atom stereocenters. The molecule has 14 aromatic rings. The molecule has 8 bridgehead atoms. The monoisotopic (exact) mass is 1180 g/mol. The van der Waals surface area contributed by atoms with Crippen molar-refractivity contribution in [1.29, 1.82) is 0 Å². The predicted molar refractivity (Wildman–Crippen MR) is 393 cm³/mol. The summed E-state index contributed by atoms with van der Waals surface area (Å²) in [6.07, 6.45) is 0. The molecule has 2 aliphatic heterocycles. The third-order valence-electron chi connectivity index (χ3n) is 19.9. The summed E-state index contributed by atoms with van der Waals surface area (Å²) in [6, 6.07) is 91.4. The molecular weight excluding hydrogens is 1110 g/mol. The van der Waals surface area contributed by atoms with E-state index >= 15 is 0 Å². The number of rotatable bonds is 8. The van der Waals surface area contributed by atoms with Crippen LogP contribution in [0.1, 0.15) is 101 Å². The molecule has 17 rings (SSSR count). The Morgan fingerprint density at radius 2 is 0.402 bits per heavy atom. The second-order valence-corrected chi connectivity index (χ2v) is 26.8. The highest BCUT2D eigenvalue weighted by Gasteiger charge is 2.33. The molecule has 0 amide bonds. The van der Waals surface area contributed by atoms with E-state index in [-0.39, 0.29) is 23.7 Å². The zero-order valence-corrected chi connectivity index (χ0v) is 53.3. The van der Waals surface area contributed by atoms with Crippen molar-refractivity contribution in [2.75, 3.05) is 0 Å². The number of nitrogens with one attached hydrogen (secondary N) is 2. The number of H-pyrrole nitrogens is 2. The van der Waals surface area contributed by atoms with E-state index in [1.54, 1.807) is 0 Å². The van der Waals surface area contributed by atoms with Gasteiger partial charge in [-0.1, -0.05) is 250 Å². The van der Waals surface area contributed by atoms with Gasteiger partial charge in [0.05, 0.1) is 44.8 Å². The number of aromatic nitrogens is 4. The largest absolute Gasteiger partial charge is 0.353 e. The molecule has 12 aromatic carbocycles. The van der Waals surface area contributed by atoms with Gasteiger partial charge in [-0.25, -0.2) is 9.97 Å². The minimum Gasteiger partial charge on any atom is -0.353 e. The van der Waals surface area contributed by atoms with Gasteiger partial charge in [0.2, 0.25) is 0 Å². The fourth-order valence-electron chi connectivity index (χ4n) is 15.5. The second-order valence-electron chi connectivity index (χ2n) is 26.8. The second kappa shape index (κ2) is 21.5. The summed E-state index contributed by atoms with van der Waals surface area (Å²) >= 11 is 0. The Hall–Kier alpha value is -10.7. The normalized spacial score (nSPS) is 12.3. The standard InChI is InChI=1S/C88H70N4/c1-49(2)61-33-17-21-37-65(61)77-81-69-41-53-25-9-11-27-55(53)43-71(69)83(89-81)78(66-38-22-18-34-62(66)50(3)4)85-73-45-57-29-13-15-31-59(57)47-75(73)87(91-85)80(68-40-24-20-36-64(68)52(7)8)88-76-48-60-32-16-14-30-58(60)46-74(76)86(92-88)79(67-39-23-19-35-63(67)51(5)6)84-72-44-56-28-12-10-26-54(56)42-70(72)82(77)90-84/h9-52,89,92H,1-8H3. The number of benzene rings is 12. The van der Waals surface area contributed by atoms with Gasteiger partial charge in [-0.15, -0.1) is 0 Å². The number of fused-ring (bicyclic) bond motifs is 4. The van der Waals surface area contributed by atoms with Crippen LogP contribution in [0.25, 0.3) is 176 Å². The molecule has 0 radical (unpaired) electrons. The Balaban J connectivity index is 1.26. The third kappa shape index (κ3) is 8.64. The number of aromatic amines is 2. The van der Waals surface area contributed by atoms with Crippen molar-refractivity contribution < 1.29 is 0 Å². The molecule has 0 atom stereocenters. The third-order valence-corrected chi connectivity index (χ3v) is 19.9. The molecule has 4 nitrogen and oxygen atoms in total. The molecule has 442 valence electrons. The topological polar surface area (TPSA) is 57.4 Å². The summed E-state index contributed by atoms with van der Waals surface area (Å²) < 4.78 is 0. The average Bonchev–Trinajstić information content (AvgIpc) is 1.55. The summed E-state index contributed by atoms with van der Waals surface area (Å²) in [6.45, 7) is 18.6. The average molecular weight is 1180 g/mol. The summed E-state index contributed by atoms with van der Waals surface area (Å²) in [4.78, 5) is 21.8. The Bertz CT molecular complexity index is 5090. The lowest BCUT2D eigenvalue weighted by Gasteiger charge is -2.16. The van der Waals surface area contributed by atoms with E-state index in [0.29, 0.717) is 0 Å². The highest BCUT2D eigenvalue weighted by Crippen LogP contribution is 2.55. The van der Waals surface area contributed by atoms with E-state index in [1.807, 2.05) is 0 Å². The Labute approximate surface area is 537 Å². The lowest BCUT2D eigenvalue weighted by atomic mass is 9.87. The van der Waals surface area contributed by atoms with Crippen LogP contribution in [0.4, 0.5) is 0 Å². The molecule has 4 heteroatoms. The van der Waals surface area contributed by atoms with E-state index in [2.05, 4.69) is 308 Å². The van der Waals surface area contributed by atoms with E-state index in [1.165, 1.54) is 43.8 Å². The molecule has 0 fully saturated rings. The quantitative estimate of drug-likeness (QED) is 0.159. The van der Waals surface area contributed by atoms with Gasteiger partial charge in [-0.2, -0.15) is 0 Å². The van der Waals surface area contributed by atoms with Crippen molar-refractivity contribution >= 4 is 86.7 Å².